The van der Waals surface area contributed by atoms with Crippen molar-refractivity contribution < 1.29 is 19.5 Å². The van der Waals surface area contributed by atoms with Crippen LogP contribution in [0.4, 0.5) is 0 Å². The lowest BCUT2D eigenvalue weighted by atomic mass is 10.0. The third-order valence-corrected chi connectivity index (χ3v) is 3.20. The topological polar surface area (TPSA) is 86.7 Å². The van der Waals surface area contributed by atoms with Crippen LogP contribution in [0.25, 0.3) is 0 Å². The Morgan fingerprint density at radius 1 is 1.37 bits per heavy atom. The van der Waals surface area contributed by atoms with Gasteiger partial charge in [-0.1, -0.05) is 13.8 Å². The smallest absolute Gasteiger partial charge is 0.326 e. The molecule has 1 rings (SSSR count). The molecule has 0 unspecified atom stereocenters. The second-order valence-corrected chi connectivity index (χ2v) is 5.41. The number of amides is 2. The number of carbonyl (C=O) groups excluding carboxylic acids is 2. The van der Waals surface area contributed by atoms with E-state index < -0.39 is 18.1 Å². The zero-order valence-electron chi connectivity index (χ0n) is 11.7. The predicted octanol–water partition coefficient (Wildman–Crippen LogP) is 0.613. The molecule has 1 saturated heterocycles. The lowest BCUT2D eigenvalue weighted by Gasteiger charge is -2.27. The molecule has 0 saturated carbocycles. The van der Waals surface area contributed by atoms with Crippen molar-refractivity contribution in [3.63, 3.8) is 0 Å². The van der Waals surface area contributed by atoms with E-state index in [1.54, 1.807) is 0 Å². The molecule has 6 heteroatoms. The van der Waals surface area contributed by atoms with Crippen molar-refractivity contribution in [1.29, 1.82) is 0 Å². The molecular formula is C13H22N2O4. The molecule has 2 amide bonds. The summed E-state index contributed by atoms with van der Waals surface area (Å²) in [5, 5.41) is 11.7. The van der Waals surface area contributed by atoms with E-state index in [9.17, 15) is 14.4 Å². The van der Waals surface area contributed by atoms with Crippen molar-refractivity contribution in [3.05, 3.63) is 0 Å². The zero-order chi connectivity index (χ0) is 14.6. The van der Waals surface area contributed by atoms with Gasteiger partial charge < -0.3 is 15.3 Å². The number of hydrogen-bond donors (Lipinski definition) is 2. The van der Waals surface area contributed by atoms with Gasteiger partial charge in [-0.2, -0.15) is 0 Å². The number of carboxylic acid groups (broad SMARTS) is 1. The minimum atomic E-state index is -0.975. The van der Waals surface area contributed by atoms with Crippen LogP contribution in [0.2, 0.25) is 0 Å². The third-order valence-electron chi connectivity index (χ3n) is 3.20. The molecule has 0 aromatic heterocycles. The molecule has 0 aliphatic carbocycles. The van der Waals surface area contributed by atoms with Crippen molar-refractivity contribution in [2.24, 2.45) is 5.92 Å². The average molecular weight is 270 g/mol. The lowest BCUT2D eigenvalue weighted by molar-refractivity contribution is -0.149. The molecule has 19 heavy (non-hydrogen) atoms. The minimum absolute atomic E-state index is 0.242. The third kappa shape index (κ3) is 4.22. The van der Waals surface area contributed by atoms with Crippen molar-refractivity contribution in [2.45, 2.75) is 52.1 Å². The van der Waals surface area contributed by atoms with Gasteiger partial charge in [0.2, 0.25) is 11.8 Å². The van der Waals surface area contributed by atoms with Crippen LogP contribution in [0.15, 0.2) is 0 Å². The highest BCUT2D eigenvalue weighted by Crippen LogP contribution is 2.20. The van der Waals surface area contributed by atoms with Gasteiger partial charge in [0.15, 0.2) is 0 Å². The van der Waals surface area contributed by atoms with Crippen LogP contribution in [-0.2, 0) is 14.4 Å². The van der Waals surface area contributed by atoms with Crippen molar-refractivity contribution in [3.8, 4) is 0 Å². The van der Waals surface area contributed by atoms with E-state index in [1.165, 1.54) is 11.8 Å². The van der Waals surface area contributed by atoms with E-state index in [0.717, 1.165) is 0 Å². The van der Waals surface area contributed by atoms with Gasteiger partial charge in [0.05, 0.1) is 0 Å². The molecule has 0 bridgehead atoms. The summed E-state index contributed by atoms with van der Waals surface area (Å²) in [7, 11) is 0. The first-order valence-electron chi connectivity index (χ1n) is 6.63. The van der Waals surface area contributed by atoms with Crippen LogP contribution in [0.3, 0.4) is 0 Å². The minimum Gasteiger partial charge on any atom is -0.480 e. The van der Waals surface area contributed by atoms with Crippen LogP contribution in [0.1, 0.15) is 40.0 Å². The summed E-state index contributed by atoms with van der Waals surface area (Å²) in [6, 6.07) is -1.38. The quantitative estimate of drug-likeness (QED) is 0.766. The van der Waals surface area contributed by atoms with Gasteiger partial charge in [-0.3, -0.25) is 9.59 Å². The van der Waals surface area contributed by atoms with Gasteiger partial charge in [0, 0.05) is 13.5 Å². The summed E-state index contributed by atoms with van der Waals surface area (Å²) in [6.07, 6.45) is 1.69. The van der Waals surface area contributed by atoms with E-state index in [-0.39, 0.29) is 17.7 Å². The number of nitrogens with one attached hydrogen (secondary N) is 1. The average Bonchev–Trinajstić information content (AvgIpc) is 2.74. The van der Waals surface area contributed by atoms with E-state index in [0.29, 0.717) is 25.8 Å². The molecule has 0 radical (unpaired) electrons. The highest BCUT2D eigenvalue weighted by molar-refractivity contribution is 5.90. The first-order chi connectivity index (χ1) is 8.82. The Morgan fingerprint density at radius 3 is 2.47 bits per heavy atom. The van der Waals surface area contributed by atoms with E-state index >= 15 is 0 Å². The molecule has 2 atom stereocenters. The normalized spacial score (nSPS) is 20.4. The number of rotatable bonds is 5. The van der Waals surface area contributed by atoms with Crippen LogP contribution in [0, 0.1) is 5.92 Å². The number of hydrogen-bond acceptors (Lipinski definition) is 3. The summed E-state index contributed by atoms with van der Waals surface area (Å²) >= 11 is 0. The number of carboxylic acids is 1. The van der Waals surface area contributed by atoms with Crippen LogP contribution < -0.4 is 5.32 Å². The Morgan fingerprint density at radius 2 is 2.00 bits per heavy atom. The molecule has 0 spiro atoms. The summed E-state index contributed by atoms with van der Waals surface area (Å²) in [5.74, 6) is -1.29. The van der Waals surface area contributed by atoms with Gasteiger partial charge in [-0.15, -0.1) is 0 Å². The molecule has 1 aliphatic rings. The van der Waals surface area contributed by atoms with Gasteiger partial charge in [0.25, 0.3) is 0 Å². The fraction of sp³-hybridized carbons (Fsp3) is 0.769. The van der Waals surface area contributed by atoms with E-state index in [4.69, 9.17) is 5.11 Å². The van der Waals surface area contributed by atoms with Gasteiger partial charge in [0.1, 0.15) is 12.1 Å². The van der Waals surface area contributed by atoms with Crippen LogP contribution >= 0.6 is 0 Å². The lowest BCUT2D eigenvalue weighted by Crippen LogP contribution is -2.51. The number of carbonyl (C=O) groups is 3. The summed E-state index contributed by atoms with van der Waals surface area (Å²) in [5.41, 5.74) is 0. The largest absolute Gasteiger partial charge is 0.480 e. The first-order valence-corrected chi connectivity index (χ1v) is 6.63. The first kappa shape index (κ1) is 15.5. The number of likely N-dealkylation sites (tertiary alicyclic amines) is 1. The van der Waals surface area contributed by atoms with Crippen molar-refractivity contribution >= 4 is 17.8 Å². The fourth-order valence-corrected chi connectivity index (χ4v) is 2.43. The molecule has 1 heterocycles. The van der Waals surface area contributed by atoms with Crippen molar-refractivity contribution in [2.75, 3.05) is 6.54 Å². The highest BCUT2D eigenvalue weighted by Gasteiger charge is 2.37. The molecule has 6 nitrogen and oxygen atoms in total. The molecule has 0 aromatic carbocycles. The summed E-state index contributed by atoms with van der Waals surface area (Å²) in [6.45, 7) is 5.73. The summed E-state index contributed by atoms with van der Waals surface area (Å²) in [4.78, 5) is 36.0. The van der Waals surface area contributed by atoms with Gasteiger partial charge >= 0.3 is 5.97 Å². The van der Waals surface area contributed by atoms with Gasteiger partial charge in [-0.05, 0) is 25.2 Å². The second-order valence-electron chi connectivity index (χ2n) is 5.41. The SMILES string of the molecule is CC(=O)N[C@@H](CC(C)C)C(=O)N1CCC[C@H]1C(=O)O. The second kappa shape index (κ2) is 6.54. The summed E-state index contributed by atoms with van der Waals surface area (Å²) < 4.78 is 0. The standard InChI is InChI=1S/C13H22N2O4/c1-8(2)7-10(14-9(3)16)12(17)15-6-4-5-11(15)13(18)19/h8,10-11H,4-7H2,1-3H3,(H,14,16)(H,18,19)/t10-,11-/m0/s1. The maximum Gasteiger partial charge on any atom is 0.326 e. The van der Waals surface area contributed by atoms with Crippen LogP contribution in [-0.4, -0.2) is 46.4 Å². The van der Waals surface area contributed by atoms with E-state index in [2.05, 4.69) is 5.32 Å². The molecule has 1 fully saturated rings. The highest BCUT2D eigenvalue weighted by atomic mass is 16.4. The molecule has 1 aliphatic heterocycles. The monoisotopic (exact) mass is 270 g/mol. The zero-order valence-corrected chi connectivity index (χ0v) is 11.7. The molecule has 108 valence electrons. The Bertz CT molecular complexity index is 368. The Labute approximate surface area is 113 Å². The molecule has 2 N–H and O–H groups in total. The maximum atomic E-state index is 12.4. The fourth-order valence-electron chi connectivity index (χ4n) is 2.43. The molecule has 0 aromatic rings. The predicted molar refractivity (Wildman–Crippen MR) is 69.4 cm³/mol. The number of aliphatic carboxylic acids is 1. The Balaban J connectivity index is 2.79. The van der Waals surface area contributed by atoms with Gasteiger partial charge in [-0.25, -0.2) is 4.79 Å². The molecular weight excluding hydrogens is 248 g/mol. The van der Waals surface area contributed by atoms with Crippen molar-refractivity contribution in [1.82, 2.24) is 10.2 Å². The Hall–Kier alpha value is -1.59. The van der Waals surface area contributed by atoms with E-state index in [1.807, 2.05) is 13.8 Å². The number of nitrogens with zero attached hydrogens (tertiary/aromatic N) is 1. The Kier molecular flexibility index (Phi) is 5.32. The maximum absolute atomic E-state index is 12.4. The van der Waals surface area contributed by atoms with Crippen LogP contribution in [0.5, 0.6) is 0 Å².